The Balaban J connectivity index is 2.01. The average molecular weight is 315 g/mol. The highest BCUT2D eigenvalue weighted by Gasteiger charge is 2.25. The van der Waals surface area contributed by atoms with Gasteiger partial charge in [0.25, 0.3) is 0 Å². The predicted octanol–water partition coefficient (Wildman–Crippen LogP) is 3.15. The molecule has 100 valence electrons. The number of halogens is 2. The van der Waals surface area contributed by atoms with Crippen LogP contribution in [-0.4, -0.2) is 24.0 Å². The standard InChI is InChI=1S/C14H20BrFN2/c1-2-10-8-18(6-5-14(10)17)9-11-3-4-12(15)7-13(11)16/h3-4,7,10,14H,2,5-6,8-9,17H2,1H3. The van der Waals surface area contributed by atoms with Gasteiger partial charge in [0.05, 0.1) is 0 Å². The number of nitrogens with zero attached hydrogens (tertiary/aromatic N) is 1. The van der Waals surface area contributed by atoms with Gasteiger partial charge in [-0.2, -0.15) is 0 Å². The molecular formula is C14H20BrFN2. The molecule has 2 unspecified atom stereocenters. The van der Waals surface area contributed by atoms with E-state index in [2.05, 4.69) is 27.8 Å². The molecule has 0 amide bonds. The molecule has 1 saturated heterocycles. The third-order valence-corrected chi connectivity index (χ3v) is 4.30. The highest BCUT2D eigenvalue weighted by molar-refractivity contribution is 9.10. The van der Waals surface area contributed by atoms with Crippen LogP contribution in [0.15, 0.2) is 22.7 Å². The van der Waals surface area contributed by atoms with E-state index in [1.807, 2.05) is 12.1 Å². The SMILES string of the molecule is CCC1CN(Cc2ccc(Br)cc2F)CCC1N. The van der Waals surface area contributed by atoms with Crippen molar-refractivity contribution in [2.24, 2.45) is 11.7 Å². The molecule has 1 aromatic carbocycles. The second-order valence-corrected chi connectivity index (χ2v) is 6.01. The van der Waals surface area contributed by atoms with E-state index in [0.717, 1.165) is 36.0 Å². The van der Waals surface area contributed by atoms with Gasteiger partial charge >= 0.3 is 0 Å². The van der Waals surface area contributed by atoms with E-state index in [-0.39, 0.29) is 5.82 Å². The zero-order valence-corrected chi connectivity index (χ0v) is 12.3. The van der Waals surface area contributed by atoms with Gasteiger partial charge in [-0.3, -0.25) is 4.90 Å². The number of hydrogen-bond acceptors (Lipinski definition) is 2. The summed E-state index contributed by atoms with van der Waals surface area (Å²) in [6.45, 7) is 4.80. The lowest BCUT2D eigenvalue weighted by molar-refractivity contribution is 0.144. The third kappa shape index (κ3) is 3.31. The van der Waals surface area contributed by atoms with E-state index in [4.69, 9.17) is 5.73 Å². The minimum Gasteiger partial charge on any atom is -0.327 e. The molecule has 18 heavy (non-hydrogen) atoms. The summed E-state index contributed by atoms with van der Waals surface area (Å²) in [5.41, 5.74) is 6.86. The number of nitrogens with two attached hydrogens (primary N) is 1. The van der Waals surface area contributed by atoms with Gasteiger partial charge in [-0.25, -0.2) is 4.39 Å². The van der Waals surface area contributed by atoms with Crippen molar-refractivity contribution in [3.8, 4) is 0 Å². The molecule has 1 aliphatic rings. The molecule has 2 atom stereocenters. The van der Waals surface area contributed by atoms with Crippen LogP contribution in [0.5, 0.6) is 0 Å². The van der Waals surface area contributed by atoms with E-state index >= 15 is 0 Å². The highest BCUT2D eigenvalue weighted by Crippen LogP contribution is 2.22. The average Bonchev–Trinajstić information content (AvgIpc) is 2.35. The van der Waals surface area contributed by atoms with Crippen molar-refractivity contribution < 1.29 is 4.39 Å². The zero-order valence-electron chi connectivity index (χ0n) is 10.7. The normalized spacial score (nSPS) is 25.3. The number of piperidine rings is 1. The van der Waals surface area contributed by atoms with Crippen LogP contribution in [0.1, 0.15) is 25.3 Å². The first kappa shape index (κ1) is 14.0. The van der Waals surface area contributed by atoms with Gasteiger partial charge in [-0.1, -0.05) is 35.3 Å². The molecule has 1 aromatic rings. The van der Waals surface area contributed by atoms with Gasteiger partial charge in [0.2, 0.25) is 0 Å². The van der Waals surface area contributed by atoms with E-state index in [0.29, 0.717) is 18.5 Å². The number of rotatable bonds is 3. The summed E-state index contributed by atoms with van der Waals surface area (Å²) < 4.78 is 14.6. The molecule has 0 aromatic heterocycles. The summed E-state index contributed by atoms with van der Waals surface area (Å²) in [5, 5.41) is 0. The van der Waals surface area contributed by atoms with Crippen molar-refractivity contribution in [3.63, 3.8) is 0 Å². The summed E-state index contributed by atoms with van der Waals surface area (Å²) >= 11 is 3.28. The second kappa shape index (κ2) is 6.13. The van der Waals surface area contributed by atoms with Gasteiger partial charge in [-0.05, 0) is 31.0 Å². The zero-order chi connectivity index (χ0) is 13.1. The maximum atomic E-state index is 13.8. The van der Waals surface area contributed by atoms with Crippen molar-refractivity contribution in [2.75, 3.05) is 13.1 Å². The van der Waals surface area contributed by atoms with Crippen LogP contribution in [-0.2, 0) is 6.54 Å². The number of hydrogen-bond donors (Lipinski definition) is 1. The van der Waals surface area contributed by atoms with Gasteiger partial charge in [-0.15, -0.1) is 0 Å². The molecular weight excluding hydrogens is 295 g/mol. The molecule has 0 saturated carbocycles. The first-order valence-corrected chi connectivity index (χ1v) is 7.31. The van der Waals surface area contributed by atoms with Crippen LogP contribution >= 0.6 is 15.9 Å². The molecule has 0 spiro atoms. The maximum absolute atomic E-state index is 13.8. The van der Waals surface area contributed by atoms with Gasteiger partial charge in [0.1, 0.15) is 5.82 Å². The lowest BCUT2D eigenvalue weighted by Crippen LogP contribution is -2.46. The molecule has 0 radical (unpaired) electrons. The van der Waals surface area contributed by atoms with Gasteiger partial charge < -0.3 is 5.73 Å². The molecule has 1 heterocycles. The van der Waals surface area contributed by atoms with Crippen LogP contribution in [0.4, 0.5) is 4.39 Å². The van der Waals surface area contributed by atoms with Crippen molar-refractivity contribution >= 4 is 15.9 Å². The molecule has 2 N–H and O–H groups in total. The first-order valence-electron chi connectivity index (χ1n) is 6.52. The second-order valence-electron chi connectivity index (χ2n) is 5.09. The summed E-state index contributed by atoms with van der Waals surface area (Å²) in [6, 6.07) is 5.59. The van der Waals surface area contributed by atoms with Crippen molar-refractivity contribution in [3.05, 3.63) is 34.1 Å². The fourth-order valence-electron chi connectivity index (χ4n) is 2.59. The fraction of sp³-hybridized carbons (Fsp3) is 0.571. The van der Waals surface area contributed by atoms with Gasteiger partial charge in [0, 0.05) is 29.2 Å². The largest absolute Gasteiger partial charge is 0.327 e. The Hall–Kier alpha value is -0.450. The Kier molecular flexibility index (Phi) is 4.76. The molecule has 1 fully saturated rings. The van der Waals surface area contributed by atoms with Crippen LogP contribution in [0, 0.1) is 11.7 Å². The Morgan fingerprint density at radius 3 is 2.94 bits per heavy atom. The number of benzene rings is 1. The van der Waals surface area contributed by atoms with Crippen LogP contribution in [0.25, 0.3) is 0 Å². The summed E-state index contributed by atoms with van der Waals surface area (Å²) in [5.74, 6) is 0.407. The smallest absolute Gasteiger partial charge is 0.128 e. The van der Waals surface area contributed by atoms with Crippen molar-refractivity contribution in [1.82, 2.24) is 4.90 Å². The molecule has 4 heteroatoms. The van der Waals surface area contributed by atoms with Gasteiger partial charge in [0.15, 0.2) is 0 Å². The Morgan fingerprint density at radius 2 is 2.28 bits per heavy atom. The van der Waals surface area contributed by atoms with E-state index < -0.39 is 0 Å². The Bertz CT molecular complexity index is 411. The van der Waals surface area contributed by atoms with Crippen molar-refractivity contribution in [2.45, 2.75) is 32.4 Å². The topological polar surface area (TPSA) is 29.3 Å². The van der Waals surface area contributed by atoms with Crippen molar-refractivity contribution in [1.29, 1.82) is 0 Å². The molecule has 2 rings (SSSR count). The molecule has 2 nitrogen and oxygen atoms in total. The van der Waals surface area contributed by atoms with Crippen LogP contribution in [0.2, 0.25) is 0 Å². The Labute approximate surface area is 116 Å². The summed E-state index contributed by atoms with van der Waals surface area (Å²) in [7, 11) is 0. The molecule has 0 bridgehead atoms. The first-order chi connectivity index (χ1) is 8.60. The number of likely N-dealkylation sites (tertiary alicyclic amines) is 1. The maximum Gasteiger partial charge on any atom is 0.128 e. The van der Waals surface area contributed by atoms with E-state index in [1.165, 1.54) is 6.07 Å². The van der Waals surface area contributed by atoms with Crippen LogP contribution < -0.4 is 5.73 Å². The van der Waals surface area contributed by atoms with Crippen LogP contribution in [0.3, 0.4) is 0 Å². The van der Waals surface area contributed by atoms with E-state index in [1.54, 1.807) is 0 Å². The fourth-order valence-corrected chi connectivity index (χ4v) is 2.93. The lowest BCUT2D eigenvalue weighted by atomic mass is 9.90. The summed E-state index contributed by atoms with van der Waals surface area (Å²) in [6.07, 6.45) is 2.11. The monoisotopic (exact) mass is 314 g/mol. The molecule has 0 aliphatic carbocycles. The Morgan fingerprint density at radius 1 is 1.50 bits per heavy atom. The third-order valence-electron chi connectivity index (χ3n) is 3.81. The predicted molar refractivity (Wildman–Crippen MR) is 75.8 cm³/mol. The quantitative estimate of drug-likeness (QED) is 0.928. The summed E-state index contributed by atoms with van der Waals surface area (Å²) in [4.78, 5) is 2.31. The lowest BCUT2D eigenvalue weighted by Gasteiger charge is -2.36. The van der Waals surface area contributed by atoms with E-state index in [9.17, 15) is 4.39 Å². The minimum atomic E-state index is -0.132. The minimum absolute atomic E-state index is 0.132. The highest BCUT2D eigenvalue weighted by atomic mass is 79.9. The molecule has 1 aliphatic heterocycles.